The number of rotatable bonds is 13. The fourth-order valence-corrected chi connectivity index (χ4v) is 8.23. The molecule has 0 spiro atoms. The molecule has 0 heterocycles. The number of unbranched alkanes of at least 4 members (excludes halogenated alkanes) is 3. The lowest BCUT2D eigenvalue weighted by Gasteiger charge is -2.25. The molecule has 0 N–H and O–H groups in total. The zero-order valence-electron chi connectivity index (χ0n) is 17.1. The minimum absolute atomic E-state index is 1.00. The highest BCUT2D eigenvalue weighted by Crippen LogP contribution is 2.63. The Hall–Kier alpha value is -0.870. The Kier molecular flexibility index (Phi) is 11.8. The summed E-state index contributed by atoms with van der Waals surface area (Å²) in [4.78, 5) is 0. The van der Waals surface area contributed by atoms with Crippen molar-refractivity contribution < 1.29 is 0 Å². The zero-order chi connectivity index (χ0) is 18.4. The number of hydrogen-bond acceptors (Lipinski definition) is 0. The Morgan fingerprint density at radius 2 is 1.36 bits per heavy atom. The molecule has 0 aromatic heterocycles. The van der Waals surface area contributed by atoms with Gasteiger partial charge in [0.15, 0.2) is 0 Å². The third-order valence-electron chi connectivity index (χ3n) is 5.02. The molecule has 0 amide bonds. The molecule has 0 aliphatic rings. The maximum atomic E-state index is 2.79. The average Bonchev–Trinajstić information content (AvgIpc) is 2.66. The van der Waals surface area contributed by atoms with Crippen molar-refractivity contribution in [3.8, 4) is 0 Å². The van der Waals surface area contributed by atoms with Gasteiger partial charge in [0.1, 0.15) is 0 Å². The van der Waals surface area contributed by atoms with Crippen LogP contribution in [0.4, 0.5) is 0 Å². The quantitative estimate of drug-likeness (QED) is 0.245. The van der Waals surface area contributed by atoms with Crippen LogP contribution in [-0.4, -0.2) is 18.5 Å². The van der Waals surface area contributed by atoms with Gasteiger partial charge in [-0.1, -0.05) is 82.5 Å². The summed E-state index contributed by atoms with van der Waals surface area (Å²) in [6.45, 7) is 9.16. The molecule has 0 saturated heterocycles. The molecule has 0 radical (unpaired) electrons. The Morgan fingerprint density at radius 3 is 1.80 bits per heavy atom. The standard InChI is InChI=1S/C24H40P/c1-5-9-16-24(23-17-14-13-15-18-23)22-25(19-10-6-2,20-11-7-3)21-12-8-4/h5,9,13-15,17-18,22H,6-8,10-12,16,19-21H2,1-4H3/q+1. The van der Waals surface area contributed by atoms with Crippen molar-refractivity contribution in [1.29, 1.82) is 0 Å². The molecule has 1 rings (SSSR count). The maximum Gasteiger partial charge on any atom is 0.0635 e. The van der Waals surface area contributed by atoms with E-state index in [1.165, 1.54) is 62.6 Å². The molecule has 25 heavy (non-hydrogen) atoms. The normalized spacial score (nSPS) is 12.9. The molecular weight excluding hydrogens is 319 g/mol. The van der Waals surface area contributed by atoms with Crippen LogP contribution in [-0.2, 0) is 0 Å². The van der Waals surface area contributed by atoms with E-state index in [4.69, 9.17) is 0 Å². The first-order chi connectivity index (χ1) is 12.2. The van der Waals surface area contributed by atoms with Gasteiger partial charge in [-0.05, 0) is 43.7 Å². The lowest BCUT2D eigenvalue weighted by atomic mass is 10.0. The topological polar surface area (TPSA) is 0 Å². The van der Waals surface area contributed by atoms with Crippen molar-refractivity contribution in [3.63, 3.8) is 0 Å². The van der Waals surface area contributed by atoms with E-state index in [1.54, 1.807) is 5.57 Å². The van der Waals surface area contributed by atoms with E-state index in [-0.39, 0.29) is 0 Å². The van der Waals surface area contributed by atoms with E-state index in [1.807, 2.05) is 0 Å². The Balaban J connectivity index is 3.24. The largest absolute Gasteiger partial charge is 0.0913 e. The number of benzene rings is 1. The minimum atomic E-state index is -1.00. The first kappa shape index (κ1) is 22.2. The van der Waals surface area contributed by atoms with Crippen LogP contribution < -0.4 is 0 Å². The summed E-state index contributed by atoms with van der Waals surface area (Å²) in [6.07, 6.45) is 18.1. The van der Waals surface area contributed by atoms with Crippen LogP contribution in [0.2, 0.25) is 0 Å². The van der Waals surface area contributed by atoms with E-state index in [2.05, 4.69) is 76.0 Å². The molecule has 140 valence electrons. The van der Waals surface area contributed by atoms with Crippen molar-refractivity contribution >= 4 is 12.8 Å². The predicted molar refractivity (Wildman–Crippen MR) is 120 cm³/mol. The average molecular weight is 360 g/mol. The summed E-state index contributed by atoms with van der Waals surface area (Å²) < 4.78 is 0. The monoisotopic (exact) mass is 359 g/mol. The van der Waals surface area contributed by atoms with Gasteiger partial charge in [0, 0.05) is 7.26 Å². The maximum absolute atomic E-state index is 2.79. The van der Waals surface area contributed by atoms with Gasteiger partial charge in [-0.2, -0.15) is 0 Å². The lowest BCUT2D eigenvalue weighted by Crippen LogP contribution is -2.07. The van der Waals surface area contributed by atoms with E-state index in [0.717, 1.165) is 6.42 Å². The van der Waals surface area contributed by atoms with E-state index >= 15 is 0 Å². The first-order valence-corrected chi connectivity index (χ1v) is 12.9. The van der Waals surface area contributed by atoms with E-state index < -0.39 is 7.26 Å². The van der Waals surface area contributed by atoms with Gasteiger partial charge in [0.05, 0.1) is 24.3 Å². The molecule has 1 aromatic carbocycles. The van der Waals surface area contributed by atoms with Crippen molar-refractivity contribution in [2.24, 2.45) is 0 Å². The molecule has 0 atom stereocenters. The third kappa shape index (κ3) is 8.37. The summed E-state index contributed by atoms with van der Waals surface area (Å²) in [5.41, 5.74) is 2.99. The zero-order valence-corrected chi connectivity index (χ0v) is 18.0. The molecule has 0 fully saturated rings. The molecule has 0 unspecified atom stereocenters. The van der Waals surface area contributed by atoms with Crippen LogP contribution in [0.25, 0.3) is 5.57 Å². The van der Waals surface area contributed by atoms with Gasteiger partial charge in [-0.3, -0.25) is 0 Å². The highest BCUT2D eigenvalue weighted by molar-refractivity contribution is 7.79. The smallest absolute Gasteiger partial charge is 0.0635 e. The highest BCUT2D eigenvalue weighted by Gasteiger charge is 2.34. The number of allylic oxidation sites excluding steroid dienone is 3. The Labute approximate surface area is 158 Å². The van der Waals surface area contributed by atoms with Crippen molar-refractivity contribution in [2.45, 2.75) is 72.6 Å². The van der Waals surface area contributed by atoms with E-state index in [9.17, 15) is 0 Å². The van der Waals surface area contributed by atoms with Crippen molar-refractivity contribution in [3.05, 3.63) is 53.9 Å². The SMILES string of the molecule is CC=CCC(=C[P+](CCCC)(CCCC)CCCC)c1ccccc1. The molecule has 0 aliphatic carbocycles. The Bertz CT molecular complexity index is 476. The van der Waals surface area contributed by atoms with Gasteiger partial charge in [0.2, 0.25) is 0 Å². The molecule has 0 saturated carbocycles. The van der Waals surface area contributed by atoms with Crippen LogP contribution in [0, 0.1) is 0 Å². The molecule has 1 aromatic rings. The van der Waals surface area contributed by atoms with Crippen molar-refractivity contribution in [1.82, 2.24) is 0 Å². The van der Waals surface area contributed by atoms with Crippen LogP contribution >= 0.6 is 7.26 Å². The summed E-state index contributed by atoms with van der Waals surface area (Å²) in [6, 6.07) is 11.1. The minimum Gasteiger partial charge on any atom is -0.0913 e. The van der Waals surface area contributed by atoms with Crippen LogP contribution in [0.15, 0.2) is 48.3 Å². The Morgan fingerprint density at radius 1 is 0.840 bits per heavy atom. The summed E-state index contributed by atoms with van der Waals surface area (Å²) >= 11 is 0. The summed E-state index contributed by atoms with van der Waals surface area (Å²) in [5, 5.41) is 0. The third-order valence-corrected chi connectivity index (χ3v) is 9.50. The van der Waals surface area contributed by atoms with E-state index in [0.29, 0.717) is 0 Å². The van der Waals surface area contributed by atoms with Gasteiger partial charge in [-0.15, -0.1) is 0 Å². The highest BCUT2D eigenvalue weighted by atomic mass is 31.2. The van der Waals surface area contributed by atoms with Crippen LogP contribution in [0.3, 0.4) is 0 Å². The first-order valence-electron chi connectivity index (χ1n) is 10.5. The molecule has 0 aliphatic heterocycles. The lowest BCUT2D eigenvalue weighted by molar-refractivity contribution is 0.840. The van der Waals surface area contributed by atoms with Gasteiger partial charge < -0.3 is 0 Å². The number of hydrogen-bond donors (Lipinski definition) is 0. The second-order valence-electron chi connectivity index (χ2n) is 7.24. The van der Waals surface area contributed by atoms with Crippen LogP contribution in [0.1, 0.15) is 78.2 Å². The van der Waals surface area contributed by atoms with Crippen LogP contribution in [0.5, 0.6) is 0 Å². The fourth-order valence-electron chi connectivity index (χ4n) is 3.42. The van der Waals surface area contributed by atoms with Gasteiger partial charge in [-0.25, -0.2) is 0 Å². The van der Waals surface area contributed by atoms with Gasteiger partial charge in [0.25, 0.3) is 0 Å². The molecule has 0 bridgehead atoms. The van der Waals surface area contributed by atoms with Gasteiger partial charge >= 0.3 is 0 Å². The summed E-state index contributed by atoms with van der Waals surface area (Å²) in [7, 11) is -1.00. The fraction of sp³-hybridized carbons (Fsp3) is 0.583. The molecular formula is C24H40P+. The predicted octanol–water partition coefficient (Wildman–Crippen LogP) is 8.41. The molecule has 1 heteroatoms. The second-order valence-corrected chi connectivity index (χ2v) is 11.3. The summed E-state index contributed by atoms with van der Waals surface area (Å²) in [5.74, 6) is 2.79. The van der Waals surface area contributed by atoms with Crippen molar-refractivity contribution in [2.75, 3.05) is 18.5 Å². The molecule has 0 nitrogen and oxygen atoms in total. The second kappa shape index (κ2) is 13.3.